The number of halogens is 1. The minimum absolute atomic E-state index is 0.0148. The van der Waals surface area contributed by atoms with Gasteiger partial charge in [0.15, 0.2) is 0 Å². The van der Waals surface area contributed by atoms with Gasteiger partial charge in [0.25, 0.3) is 0 Å². The number of amides is 2. The fraction of sp³-hybridized carbons (Fsp3) is 0.562. The molecule has 1 aliphatic rings. The molecule has 0 radical (unpaired) electrons. The first-order chi connectivity index (χ1) is 9.96. The van der Waals surface area contributed by atoms with Crippen LogP contribution in [0.4, 0.5) is 4.79 Å². The largest absolute Gasteiger partial charge is 0.396 e. The zero-order valence-corrected chi connectivity index (χ0v) is 13.3. The molecule has 4 nitrogen and oxygen atoms in total. The molecule has 1 aromatic rings. The van der Waals surface area contributed by atoms with E-state index in [1.807, 2.05) is 38.1 Å². The fourth-order valence-corrected chi connectivity index (χ4v) is 3.27. The molecule has 3 N–H and O–H groups in total. The Bertz CT molecular complexity index is 509. The first-order valence-electron chi connectivity index (χ1n) is 7.38. The van der Waals surface area contributed by atoms with E-state index < -0.39 is 0 Å². The van der Waals surface area contributed by atoms with Crippen LogP contribution in [0.1, 0.15) is 44.7 Å². The van der Waals surface area contributed by atoms with Crippen LogP contribution in [-0.4, -0.2) is 23.8 Å². The van der Waals surface area contributed by atoms with Crippen LogP contribution in [0.2, 0.25) is 5.02 Å². The number of nitrogens with one attached hydrogen (secondary N) is 2. The molecule has 0 heterocycles. The van der Waals surface area contributed by atoms with Crippen molar-refractivity contribution >= 4 is 17.6 Å². The normalized spacial score (nSPS) is 26.4. The van der Waals surface area contributed by atoms with E-state index in [0.717, 1.165) is 24.8 Å². The molecule has 0 spiro atoms. The molecule has 0 bridgehead atoms. The van der Waals surface area contributed by atoms with Gasteiger partial charge in [0.1, 0.15) is 0 Å². The third-order valence-electron chi connectivity index (χ3n) is 4.47. The minimum atomic E-state index is -0.217. The van der Waals surface area contributed by atoms with E-state index in [0.29, 0.717) is 5.02 Å². The first-order valence-corrected chi connectivity index (χ1v) is 7.76. The number of hydrogen-bond acceptors (Lipinski definition) is 2. The van der Waals surface area contributed by atoms with Crippen molar-refractivity contribution < 1.29 is 9.90 Å². The monoisotopic (exact) mass is 310 g/mol. The van der Waals surface area contributed by atoms with Crippen LogP contribution in [0.3, 0.4) is 0 Å². The summed E-state index contributed by atoms with van der Waals surface area (Å²) in [5.74, 6) is 0. The van der Waals surface area contributed by atoms with Crippen molar-refractivity contribution in [1.29, 1.82) is 0 Å². The quantitative estimate of drug-likeness (QED) is 0.799. The third kappa shape index (κ3) is 3.69. The highest BCUT2D eigenvalue weighted by molar-refractivity contribution is 6.31. The SMILES string of the molecule is CC(NC(=O)NC1CCCC1(C)CO)c1ccccc1Cl. The zero-order valence-electron chi connectivity index (χ0n) is 12.5. The van der Waals surface area contributed by atoms with Gasteiger partial charge in [0.2, 0.25) is 0 Å². The summed E-state index contributed by atoms with van der Waals surface area (Å²) in [7, 11) is 0. The zero-order chi connectivity index (χ0) is 15.5. The molecule has 2 rings (SSSR count). The third-order valence-corrected chi connectivity index (χ3v) is 4.81. The molecule has 1 aromatic carbocycles. The van der Waals surface area contributed by atoms with Gasteiger partial charge in [0.05, 0.1) is 12.6 Å². The van der Waals surface area contributed by atoms with E-state index in [4.69, 9.17) is 11.6 Å². The maximum atomic E-state index is 12.2. The molecule has 116 valence electrons. The maximum absolute atomic E-state index is 12.2. The van der Waals surface area contributed by atoms with Crippen molar-refractivity contribution in [3.63, 3.8) is 0 Å². The smallest absolute Gasteiger partial charge is 0.315 e. The second-order valence-electron chi connectivity index (χ2n) is 6.12. The minimum Gasteiger partial charge on any atom is -0.396 e. The summed E-state index contributed by atoms with van der Waals surface area (Å²) in [5.41, 5.74) is 0.677. The summed E-state index contributed by atoms with van der Waals surface area (Å²) in [6.45, 7) is 4.02. The standard InChI is InChI=1S/C16H23ClN2O2/c1-11(12-6-3-4-7-13(12)17)18-15(21)19-14-8-5-9-16(14,2)10-20/h3-4,6-7,11,14,20H,5,8-10H2,1-2H3,(H2,18,19,21). The second-order valence-corrected chi connectivity index (χ2v) is 6.53. The Morgan fingerprint density at radius 3 is 2.90 bits per heavy atom. The van der Waals surface area contributed by atoms with Crippen molar-refractivity contribution in [3.8, 4) is 0 Å². The number of aliphatic hydroxyl groups excluding tert-OH is 1. The highest BCUT2D eigenvalue weighted by Gasteiger charge is 2.39. The molecule has 5 heteroatoms. The fourth-order valence-electron chi connectivity index (χ4n) is 2.97. The average Bonchev–Trinajstić information content (AvgIpc) is 2.81. The van der Waals surface area contributed by atoms with Gasteiger partial charge in [0, 0.05) is 16.5 Å². The number of urea groups is 1. The number of carbonyl (C=O) groups is 1. The molecular formula is C16H23ClN2O2. The molecule has 1 fully saturated rings. The lowest BCUT2D eigenvalue weighted by Crippen LogP contribution is -2.49. The van der Waals surface area contributed by atoms with Crippen molar-refractivity contribution in [2.24, 2.45) is 5.41 Å². The van der Waals surface area contributed by atoms with Crippen molar-refractivity contribution in [3.05, 3.63) is 34.9 Å². The van der Waals surface area contributed by atoms with Crippen LogP contribution in [0.5, 0.6) is 0 Å². The summed E-state index contributed by atoms with van der Waals surface area (Å²) >= 11 is 6.14. The predicted octanol–water partition coefficient (Wildman–Crippen LogP) is 3.25. The molecule has 2 amide bonds. The van der Waals surface area contributed by atoms with Crippen LogP contribution in [0.25, 0.3) is 0 Å². The molecule has 0 aliphatic heterocycles. The molecule has 0 saturated heterocycles. The Balaban J connectivity index is 1.95. The Morgan fingerprint density at radius 1 is 1.52 bits per heavy atom. The van der Waals surface area contributed by atoms with Crippen LogP contribution < -0.4 is 10.6 Å². The van der Waals surface area contributed by atoms with Gasteiger partial charge in [-0.1, -0.05) is 43.1 Å². The van der Waals surface area contributed by atoms with E-state index in [1.165, 1.54) is 0 Å². The molecule has 3 unspecified atom stereocenters. The molecule has 21 heavy (non-hydrogen) atoms. The van der Waals surface area contributed by atoms with Crippen LogP contribution >= 0.6 is 11.6 Å². The molecule has 1 aliphatic carbocycles. The lowest BCUT2D eigenvalue weighted by molar-refractivity contribution is 0.121. The van der Waals surface area contributed by atoms with Crippen LogP contribution in [-0.2, 0) is 0 Å². The molecule has 1 saturated carbocycles. The summed E-state index contributed by atoms with van der Waals surface area (Å²) in [6, 6.07) is 7.12. The van der Waals surface area contributed by atoms with Gasteiger partial charge >= 0.3 is 6.03 Å². The van der Waals surface area contributed by atoms with E-state index in [-0.39, 0.29) is 30.1 Å². The highest BCUT2D eigenvalue weighted by Crippen LogP contribution is 2.37. The molecule has 3 atom stereocenters. The number of hydrogen-bond donors (Lipinski definition) is 3. The summed E-state index contributed by atoms with van der Waals surface area (Å²) in [4.78, 5) is 12.2. The summed E-state index contributed by atoms with van der Waals surface area (Å²) in [5, 5.41) is 16.1. The number of aliphatic hydroxyl groups is 1. The van der Waals surface area contributed by atoms with Crippen LogP contribution in [0.15, 0.2) is 24.3 Å². The van der Waals surface area contributed by atoms with Gasteiger partial charge in [-0.05, 0) is 31.4 Å². The topological polar surface area (TPSA) is 61.4 Å². The Kier molecular flexibility index (Phi) is 5.12. The lowest BCUT2D eigenvalue weighted by Gasteiger charge is -2.30. The Labute approximate surface area is 130 Å². The lowest BCUT2D eigenvalue weighted by atomic mass is 9.86. The number of carbonyl (C=O) groups excluding carboxylic acids is 1. The van der Waals surface area contributed by atoms with Gasteiger partial charge in [-0.15, -0.1) is 0 Å². The average molecular weight is 311 g/mol. The van der Waals surface area contributed by atoms with Gasteiger partial charge in [-0.2, -0.15) is 0 Å². The van der Waals surface area contributed by atoms with E-state index in [2.05, 4.69) is 10.6 Å². The number of rotatable bonds is 4. The molecule has 0 aromatic heterocycles. The van der Waals surface area contributed by atoms with Crippen molar-refractivity contribution in [1.82, 2.24) is 10.6 Å². The first kappa shape index (κ1) is 16.1. The summed E-state index contributed by atoms with van der Waals surface area (Å²) < 4.78 is 0. The Morgan fingerprint density at radius 2 is 2.24 bits per heavy atom. The van der Waals surface area contributed by atoms with E-state index in [1.54, 1.807) is 0 Å². The maximum Gasteiger partial charge on any atom is 0.315 e. The van der Waals surface area contributed by atoms with E-state index >= 15 is 0 Å². The predicted molar refractivity (Wildman–Crippen MR) is 84.4 cm³/mol. The van der Waals surface area contributed by atoms with Gasteiger partial charge in [-0.25, -0.2) is 4.79 Å². The van der Waals surface area contributed by atoms with Gasteiger partial charge in [-0.3, -0.25) is 0 Å². The van der Waals surface area contributed by atoms with E-state index in [9.17, 15) is 9.90 Å². The summed E-state index contributed by atoms with van der Waals surface area (Å²) in [6.07, 6.45) is 2.88. The highest BCUT2D eigenvalue weighted by atomic mass is 35.5. The number of benzene rings is 1. The van der Waals surface area contributed by atoms with Gasteiger partial charge < -0.3 is 15.7 Å². The second kappa shape index (κ2) is 6.67. The van der Waals surface area contributed by atoms with Crippen molar-refractivity contribution in [2.45, 2.75) is 45.2 Å². The van der Waals surface area contributed by atoms with Crippen LogP contribution in [0, 0.1) is 5.41 Å². The Hall–Kier alpha value is -1.26. The molecular weight excluding hydrogens is 288 g/mol. The van der Waals surface area contributed by atoms with Crippen molar-refractivity contribution in [2.75, 3.05) is 6.61 Å².